The molecule has 1 aromatic heterocycles. The summed E-state index contributed by atoms with van der Waals surface area (Å²) in [6.07, 6.45) is 8.93. The van der Waals surface area contributed by atoms with E-state index in [0.717, 1.165) is 49.9 Å². The maximum Gasteiger partial charge on any atom is 0.243 e. The number of hydrogen-bond donors (Lipinski definition) is 3. The SMILES string of the molecule is O=C(/C=C/c1ccc(Cl)c(Cl)c1)NCCCCCN1CC[C@H](c2c[nH]c3ccccc23)[C@H](O)C1. The van der Waals surface area contributed by atoms with Gasteiger partial charge < -0.3 is 20.3 Å². The second kappa shape index (κ2) is 11.9. The first kappa shape index (κ1) is 24.8. The first-order valence-corrected chi connectivity index (χ1v) is 12.6. The number of aliphatic hydroxyl groups is 1. The predicted octanol–water partition coefficient (Wildman–Crippen LogP) is 5.62. The molecular weight excluding hydrogens is 469 g/mol. The van der Waals surface area contributed by atoms with Crippen LogP contribution < -0.4 is 5.32 Å². The summed E-state index contributed by atoms with van der Waals surface area (Å²) in [6, 6.07) is 13.5. The second-order valence-corrected chi connectivity index (χ2v) is 9.73. The Morgan fingerprint density at radius 2 is 2.00 bits per heavy atom. The van der Waals surface area contributed by atoms with Gasteiger partial charge in [-0.05, 0) is 67.8 Å². The van der Waals surface area contributed by atoms with Crippen LogP contribution in [0.25, 0.3) is 17.0 Å². The topological polar surface area (TPSA) is 68.4 Å². The molecule has 34 heavy (non-hydrogen) atoms. The summed E-state index contributed by atoms with van der Waals surface area (Å²) < 4.78 is 0. The number of hydrogen-bond acceptors (Lipinski definition) is 3. The van der Waals surface area contributed by atoms with E-state index in [4.69, 9.17) is 23.2 Å². The van der Waals surface area contributed by atoms with E-state index in [1.165, 1.54) is 17.0 Å². The number of H-pyrrole nitrogens is 1. The summed E-state index contributed by atoms with van der Waals surface area (Å²) in [7, 11) is 0. The highest BCUT2D eigenvalue weighted by atomic mass is 35.5. The van der Waals surface area contributed by atoms with Crippen LogP contribution in [0, 0.1) is 0 Å². The number of fused-ring (bicyclic) bond motifs is 1. The highest BCUT2D eigenvalue weighted by Crippen LogP contribution is 2.33. The fraction of sp³-hybridized carbons (Fsp3) is 0.370. The summed E-state index contributed by atoms with van der Waals surface area (Å²) in [5, 5.41) is 15.9. The van der Waals surface area contributed by atoms with Gasteiger partial charge in [-0.1, -0.05) is 53.9 Å². The van der Waals surface area contributed by atoms with Crippen LogP contribution in [-0.2, 0) is 4.79 Å². The molecule has 1 amide bonds. The molecule has 3 aromatic rings. The lowest BCUT2D eigenvalue weighted by Crippen LogP contribution is -2.43. The summed E-state index contributed by atoms with van der Waals surface area (Å²) in [6.45, 7) is 3.33. The molecule has 0 saturated carbocycles. The van der Waals surface area contributed by atoms with Gasteiger partial charge in [-0.15, -0.1) is 0 Å². The Balaban J connectivity index is 1.12. The van der Waals surface area contributed by atoms with Gasteiger partial charge in [0.1, 0.15) is 0 Å². The molecule has 180 valence electrons. The monoisotopic (exact) mass is 499 g/mol. The molecule has 0 spiro atoms. The zero-order valence-electron chi connectivity index (χ0n) is 19.1. The molecule has 5 nitrogen and oxygen atoms in total. The van der Waals surface area contributed by atoms with E-state index >= 15 is 0 Å². The van der Waals surface area contributed by atoms with Crippen LogP contribution in [-0.4, -0.2) is 53.2 Å². The molecular formula is C27H31Cl2N3O2. The van der Waals surface area contributed by atoms with Crippen LogP contribution in [0.5, 0.6) is 0 Å². The largest absolute Gasteiger partial charge is 0.391 e. The molecule has 2 aromatic carbocycles. The van der Waals surface area contributed by atoms with Crippen molar-refractivity contribution in [2.24, 2.45) is 0 Å². The normalized spacial score (nSPS) is 19.1. The Kier molecular flexibility index (Phi) is 8.68. The first-order valence-electron chi connectivity index (χ1n) is 11.9. The van der Waals surface area contributed by atoms with E-state index in [1.54, 1.807) is 18.2 Å². The number of carbonyl (C=O) groups excluding carboxylic acids is 1. The zero-order valence-corrected chi connectivity index (χ0v) is 20.7. The second-order valence-electron chi connectivity index (χ2n) is 8.91. The number of aromatic amines is 1. The molecule has 1 aliphatic heterocycles. The Bertz CT molecular complexity index is 1140. The number of amides is 1. The lowest BCUT2D eigenvalue weighted by Gasteiger charge is -2.36. The molecule has 0 unspecified atom stereocenters. The summed E-state index contributed by atoms with van der Waals surface area (Å²) in [5.41, 5.74) is 3.19. The summed E-state index contributed by atoms with van der Waals surface area (Å²) >= 11 is 11.9. The van der Waals surface area contributed by atoms with Gasteiger partial charge in [0, 0.05) is 42.2 Å². The van der Waals surface area contributed by atoms with E-state index in [0.29, 0.717) is 23.1 Å². The fourth-order valence-corrected chi connectivity index (χ4v) is 4.97. The van der Waals surface area contributed by atoms with Crippen molar-refractivity contribution in [2.75, 3.05) is 26.2 Å². The van der Waals surface area contributed by atoms with Gasteiger partial charge in [0.15, 0.2) is 0 Å². The molecule has 0 bridgehead atoms. The Morgan fingerprint density at radius 3 is 2.82 bits per heavy atom. The van der Waals surface area contributed by atoms with E-state index < -0.39 is 0 Å². The summed E-state index contributed by atoms with van der Waals surface area (Å²) in [4.78, 5) is 17.7. The number of aromatic nitrogens is 1. The average Bonchev–Trinajstić information content (AvgIpc) is 3.26. The average molecular weight is 500 g/mol. The minimum atomic E-state index is -0.352. The van der Waals surface area contributed by atoms with Gasteiger partial charge in [-0.25, -0.2) is 0 Å². The number of halogens is 2. The summed E-state index contributed by atoms with van der Waals surface area (Å²) in [5.74, 6) is 0.0631. The first-order chi connectivity index (χ1) is 16.5. The number of nitrogens with one attached hydrogen (secondary N) is 2. The Labute approximate surface area is 210 Å². The standard InChI is InChI=1S/C27H31Cl2N3O2/c28-23-10-8-19(16-24(23)29)9-11-27(34)30-13-4-1-5-14-32-15-12-21(26(33)18-32)22-17-31-25-7-3-2-6-20(22)25/h2-3,6-11,16-17,21,26,31,33H,1,4-5,12-15,18H2,(H,30,34)/b11-9+/t21-,26-/m1/s1. The van der Waals surface area contributed by atoms with Gasteiger partial charge in [0.2, 0.25) is 5.91 Å². The third-order valence-electron chi connectivity index (χ3n) is 6.51. The van der Waals surface area contributed by atoms with Crippen LogP contribution in [0.3, 0.4) is 0 Å². The van der Waals surface area contributed by atoms with Gasteiger partial charge in [-0.3, -0.25) is 4.79 Å². The van der Waals surface area contributed by atoms with Crippen molar-refractivity contribution in [1.82, 2.24) is 15.2 Å². The lowest BCUT2D eigenvalue weighted by molar-refractivity contribution is -0.116. The molecule has 1 aliphatic rings. The number of benzene rings is 2. The van der Waals surface area contributed by atoms with E-state index in [-0.39, 0.29) is 17.9 Å². The smallest absolute Gasteiger partial charge is 0.243 e. The van der Waals surface area contributed by atoms with Crippen molar-refractivity contribution in [1.29, 1.82) is 0 Å². The van der Waals surface area contributed by atoms with Crippen molar-refractivity contribution >= 4 is 46.1 Å². The van der Waals surface area contributed by atoms with E-state index in [9.17, 15) is 9.90 Å². The third kappa shape index (κ3) is 6.42. The van der Waals surface area contributed by atoms with Gasteiger partial charge >= 0.3 is 0 Å². The molecule has 1 fully saturated rings. The van der Waals surface area contributed by atoms with E-state index in [1.807, 2.05) is 12.1 Å². The van der Waals surface area contributed by atoms with Crippen LogP contribution in [0.15, 0.2) is 54.7 Å². The number of nitrogens with zero attached hydrogens (tertiary/aromatic N) is 1. The lowest BCUT2D eigenvalue weighted by atomic mass is 9.87. The van der Waals surface area contributed by atoms with Crippen LogP contribution in [0.2, 0.25) is 10.0 Å². The number of para-hydroxylation sites is 1. The number of likely N-dealkylation sites (tertiary alicyclic amines) is 1. The predicted molar refractivity (Wildman–Crippen MR) is 140 cm³/mol. The number of aliphatic hydroxyl groups excluding tert-OH is 1. The van der Waals surface area contributed by atoms with Crippen LogP contribution >= 0.6 is 23.2 Å². The minimum absolute atomic E-state index is 0.117. The van der Waals surface area contributed by atoms with Crippen LogP contribution in [0.1, 0.15) is 42.7 Å². The molecule has 0 aliphatic carbocycles. The number of rotatable bonds is 9. The Morgan fingerprint density at radius 1 is 1.15 bits per heavy atom. The molecule has 2 atom stereocenters. The number of piperidine rings is 1. The molecule has 3 N–H and O–H groups in total. The molecule has 7 heteroatoms. The number of β-amino-alcohol motifs (C(OH)–C–C–N with tert-alkyl or cyclic N) is 1. The quantitative estimate of drug-likeness (QED) is 0.264. The molecule has 2 heterocycles. The van der Waals surface area contributed by atoms with Crippen molar-refractivity contribution in [2.45, 2.75) is 37.7 Å². The number of unbranched alkanes of at least 4 members (excludes halogenated alkanes) is 2. The highest BCUT2D eigenvalue weighted by Gasteiger charge is 2.30. The maximum atomic E-state index is 12.0. The highest BCUT2D eigenvalue weighted by molar-refractivity contribution is 6.42. The van der Waals surface area contributed by atoms with E-state index in [2.05, 4.69) is 39.6 Å². The third-order valence-corrected chi connectivity index (χ3v) is 7.25. The van der Waals surface area contributed by atoms with Crippen molar-refractivity contribution < 1.29 is 9.90 Å². The van der Waals surface area contributed by atoms with Gasteiger partial charge in [0.05, 0.1) is 16.1 Å². The number of carbonyl (C=O) groups is 1. The zero-order chi connectivity index (χ0) is 23.9. The maximum absolute atomic E-state index is 12.0. The fourth-order valence-electron chi connectivity index (χ4n) is 4.66. The Hall–Kier alpha value is -2.31. The van der Waals surface area contributed by atoms with Crippen molar-refractivity contribution in [3.8, 4) is 0 Å². The van der Waals surface area contributed by atoms with Crippen molar-refractivity contribution in [3.63, 3.8) is 0 Å². The van der Waals surface area contributed by atoms with Crippen LogP contribution in [0.4, 0.5) is 0 Å². The molecule has 1 saturated heterocycles. The van der Waals surface area contributed by atoms with Gasteiger partial charge in [-0.2, -0.15) is 0 Å². The molecule has 4 rings (SSSR count). The minimum Gasteiger partial charge on any atom is -0.391 e. The van der Waals surface area contributed by atoms with Crippen molar-refractivity contribution in [3.05, 3.63) is 75.9 Å². The molecule has 0 radical (unpaired) electrons. The van der Waals surface area contributed by atoms with Gasteiger partial charge in [0.25, 0.3) is 0 Å².